The molecule has 2 aromatic heterocycles. The van der Waals surface area contributed by atoms with E-state index < -0.39 is 6.04 Å². The van der Waals surface area contributed by atoms with Crippen molar-refractivity contribution in [3.63, 3.8) is 0 Å². The van der Waals surface area contributed by atoms with Crippen molar-refractivity contribution in [1.82, 2.24) is 19.6 Å². The van der Waals surface area contributed by atoms with Crippen LogP contribution in [0.5, 0.6) is 5.75 Å². The highest BCUT2D eigenvalue weighted by Crippen LogP contribution is 2.35. The van der Waals surface area contributed by atoms with E-state index in [0.29, 0.717) is 34.0 Å². The third-order valence-electron chi connectivity index (χ3n) is 5.03. The Labute approximate surface area is 195 Å². The summed E-state index contributed by atoms with van der Waals surface area (Å²) in [6.45, 7) is 0. The van der Waals surface area contributed by atoms with E-state index in [1.807, 2.05) is 30.3 Å². The second-order valence-electron chi connectivity index (χ2n) is 7.02. The molecular formula is C24H18Cl2N4O2. The molecule has 0 N–H and O–H groups in total. The molecule has 0 bridgehead atoms. The number of methoxy groups -OCH3 is 1. The van der Waals surface area contributed by atoms with Gasteiger partial charge in [0.15, 0.2) is 5.15 Å². The molecule has 4 aromatic rings. The number of aromatic nitrogens is 4. The van der Waals surface area contributed by atoms with Crippen LogP contribution in [0.2, 0.25) is 10.2 Å². The summed E-state index contributed by atoms with van der Waals surface area (Å²) in [7, 11) is 1.53. The molecule has 0 amide bonds. The average Bonchev–Trinajstić information content (AvgIpc) is 3.24. The highest BCUT2D eigenvalue weighted by molar-refractivity contribution is 6.31. The number of hydrogen-bond donors (Lipinski definition) is 0. The quantitative estimate of drug-likeness (QED) is 0.383. The minimum absolute atomic E-state index is 0.242. The maximum absolute atomic E-state index is 13.1. The second kappa shape index (κ2) is 9.31. The Balaban J connectivity index is 1.83. The van der Waals surface area contributed by atoms with E-state index in [-0.39, 0.29) is 10.7 Å². The molecule has 0 radical (unpaired) electrons. The fourth-order valence-electron chi connectivity index (χ4n) is 3.51. The van der Waals surface area contributed by atoms with Crippen LogP contribution in [0.25, 0.3) is 16.8 Å². The molecule has 32 heavy (non-hydrogen) atoms. The Morgan fingerprint density at radius 3 is 2.53 bits per heavy atom. The first kappa shape index (κ1) is 21.7. The van der Waals surface area contributed by atoms with Gasteiger partial charge in [-0.1, -0.05) is 64.7 Å². The minimum Gasteiger partial charge on any atom is -0.495 e. The van der Waals surface area contributed by atoms with Gasteiger partial charge >= 0.3 is 0 Å². The molecule has 0 aliphatic carbocycles. The van der Waals surface area contributed by atoms with Crippen LogP contribution in [-0.2, 0) is 6.42 Å². The Morgan fingerprint density at radius 2 is 1.88 bits per heavy atom. The Hall–Kier alpha value is -3.53. The average molecular weight is 465 g/mol. The van der Waals surface area contributed by atoms with E-state index in [0.717, 1.165) is 5.56 Å². The standard InChI is InChI=1S/C24H18Cl2N4O2/c1-3-18(11-16-7-5-4-6-8-16)29-14-22(32-2)20(13-24(29)31)19-12-17(25)9-10-21(19)30-15-23(26)27-28-30/h1,4-10,12-15,18H,11H2,2H3. The molecule has 6 nitrogen and oxygen atoms in total. The first-order valence-corrected chi connectivity index (χ1v) is 10.4. The van der Waals surface area contributed by atoms with E-state index in [1.165, 1.54) is 22.4 Å². The van der Waals surface area contributed by atoms with Gasteiger partial charge in [0.25, 0.3) is 5.56 Å². The van der Waals surface area contributed by atoms with Crippen molar-refractivity contribution >= 4 is 23.2 Å². The molecule has 0 aliphatic heterocycles. The number of nitrogens with zero attached hydrogens (tertiary/aromatic N) is 4. The molecule has 4 rings (SSSR count). The van der Waals surface area contributed by atoms with E-state index in [2.05, 4.69) is 16.2 Å². The normalized spacial score (nSPS) is 11.7. The number of hydrogen-bond acceptors (Lipinski definition) is 4. The van der Waals surface area contributed by atoms with E-state index in [1.54, 1.807) is 30.6 Å². The summed E-state index contributed by atoms with van der Waals surface area (Å²) in [6.07, 6.45) is 9.49. The van der Waals surface area contributed by atoms with Crippen LogP contribution in [0.3, 0.4) is 0 Å². The Kier molecular flexibility index (Phi) is 6.31. The van der Waals surface area contributed by atoms with Crippen molar-refractivity contribution in [2.75, 3.05) is 7.11 Å². The lowest BCUT2D eigenvalue weighted by molar-refractivity contribution is 0.407. The summed E-state index contributed by atoms with van der Waals surface area (Å²) in [4.78, 5) is 13.1. The zero-order valence-corrected chi connectivity index (χ0v) is 18.6. The summed E-state index contributed by atoms with van der Waals surface area (Å²) in [5, 5.41) is 8.59. The minimum atomic E-state index is -0.471. The van der Waals surface area contributed by atoms with Crippen LogP contribution in [0.15, 0.2) is 71.8 Å². The van der Waals surface area contributed by atoms with Crippen molar-refractivity contribution in [1.29, 1.82) is 0 Å². The molecule has 8 heteroatoms. The first-order valence-electron chi connectivity index (χ1n) is 9.68. The van der Waals surface area contributed by atoms with Gasteiger partial charge in [-0.2, -0.15) is 0 Å². The molecule has 160 valence electrons. The first-order chi connectivity index (χ1) is 15.5. The summed E-state index contributed by atoms with van der Waals surface area (Å²) < 4.78 is 8.65. The number of pyridine rings is 1. The van der Waals surface area contributed by atoms with Crippen molar-refractivity contribution < 1.29 is 4.74 Å². The third-order valence-corrected chi connectivity index (χ3v) is 5.43. The Morgan fingerprint density at radius 1 is 1.09 bits per heavy atom. The summed E-state index contributed by atoms with van der Waals surface area (Å²) >= 11 is 12.2. The SMILES string of the molecule is C#CC(Cc1ccccc1)n1cc(OC)c(-c2cc(Cl)ccc2-n2cc(Cl)nn2)cc1=O. The fraction of sp³-hybridized carbons (Fsp3) is 0.125. The molecule has 0 spiro atoms. The van der Waals surface area contributed by atoms with Gasteiger partial charge in [-0.15, -0.1) is 11.5 Å². The van der Waals surface area contributed by atoms with Gasteiger partial charge in [-0.05, 0) is 23.8 Å². The molecule has 0 saturated heterocycles. The number of halogens is 2. The van der Waals surface area contributed by atoms with E-state index in [4.69, 9.17) is 34.4 Å². The third kappa shape index (κ3) is 4.40. The maximum Gasteiger partial charge on any atom is 0.252 e. The van der Waals surface area contributed by atoms with Crippen molar-refractivity contribution in [2.45, 2.75) is 12.5 Å². The zero-order valence-electron chi connectivity index (χ0n) is 17.1. The lowest BCUT2D eigenvalue weighted by Crippen LogP contribution is -2.25. The van der Waals surface area contributed by atoms with Crippen LogP contribution in [-0.4, -0.2) is 26.7 Å². The van der Waals surface area contributed by atoms with Gasteiger partial charge in [-0.25, -0.2) is 4.68 Å². The van der Waals surface area contributed by atoms with Crippen LogP contribution in [0.4, 0.5) is 0 Å². The molecule has 1 unspecified atom stereocenters. The van der Waals surface area contributed by atoms with Crippen LogP contribution >= 0.6 is 23.2 Å². The van der Waals surface area contributed by atoms with Crippen molar-refractivity contribution in [2.24, 2.45) is 0 Å². The molecular weight excluding hydrogens is 447 g/mol. The number of benzene rings is 2. The number of terminal acetylenes is 1. The maximum atomic E-state index is 13.1. The van der Waals surface area contributed by atoms with Crippen LogP contribution < -0.4 is 10.3 Å². The van der Waals surface area contributed by atoms with Gasteiger partial charge < -0.3 is 4.74 Å². The molecule has 2 aromatic carbocycles. The highest BCUT2D eigenvalue weighted by Gasteiger charge is 2.19. The van der Waals surface area contributed by atoms with Crippen molar-refractivity contribution in [3.05, 3.63) is 93.1 Å². The van der Waals surface area contributed by atoms with Gasteiger partial charge in [0, 0.05) is 28.6 Å². The predicted molar refractivity (Wildman–Crippen MR) is 126 cm³/mol. The van der Waals surface area contributed by atoms with E-state index in [9.17, 15) is 4.79 Å². The lowest BCUT2D eigenvalue weighted by Gasteiger charge is -2.19. The predicted octanol–water partition coefficient (Wildman–Crippen LogP) is 4.83. The molecule has 1 atom stereocenters. The van der Waals surface area contributed by atoms with Crippen molar-refractivity contribution in [3.8, 4) is 34.9 Å². The van der Waals surface area contributed by atoms with E-state index >= 15 is 0 Å². The van der Waals surface area contributed by atoms with Gasteiger partial charge in [0.1, 0.15) is 11.8 Å². The van der Waals surface area contributed by atoms with Gasteiger partial charge in [0.2, 0.25) is 0 Å². The smallest absolute Gasteiger partial charge is 0.252 e. The molecule has 0 fully saturated rings. The second-order valence-corrected chi connectivity index (χ2v) is 7.84. The van der Waals surface area contributed by atoms with Crippen LogP contribution in [0.1, 0.15) is 11.6 Å². The molecule has 2 heterocycles. The number of ether oxygens (including phenoxy) is 1. The lowest BCUT2D eigenvalue weighted by atomic mass is 10.0. The molecule has 0 saturated carbocycles. The number of rotatable bonds is 6. The zero-order chi connectivity index (χ0) is 22.7. The monoisotopic (exact) mass is 464 g/mol. The highest BCUT2D eigenvalue weighted by atomic mass is 35.5. The molecule has 0 aliphatic rings. The summed E-state index contributed by atoms with van der Waals surface area (Å²) in [6, 6.07) is 16.0. The van der Waals surface area contributed by atoms with Crippen LogP contribution in [0, 0.1) is 12.3 Å². The fourth-order valence-corrected chi connectivity index (χ4v) is 3.80. The largest absolute Gasteiger partial charge is 0.495 e. The Bertz CT molecular complexity index is 1360. The topological polar surface area (TPSA) is 61.9 Å². The van der Waals surface area contributed by atoms with Gasteiger partial charge in [0.05, 0.1) is 25.2 Å². The van der Waals surface area contributed by atoms with Gasteiger partial charge in [-0.3, -0.25) is 9.36 Å². The summed E-state index contributed by atoms with van der Waals surface area (Å²) in [5.41, 5.74) is 2.60. The summed E-state index contributed by atoms with van der Waals surface area (Å²) in [5.74, 6) is 3.18.